The van der Waals surface area contributed by atoms with Gasteiger partial charge in [-0.2, -0.15) is 0 Å². The van der Waals surface area contributed by atoms with E-state index in [2.05, 4.69) is 21.2 Å². The fourth-order valence-corrected chi connectivity index (χ4v) is 2.74. The number of halogens is 2. The van der Waals surface area contributed by atoms with Gasteiger partial charge >= 0.3 is 0 Å². The minimum absolute atomic E-state index is 0.225. The SMILES string of the molecule is CCc1ccc(NC(=O)c2cc(Cl)cc(Br)c2)cc1N. The quantitative estimate of drug-likeness (QED) is 0.798. The Morgan fingerprint density at radius 1 is 1.30 bits per heavy atom. The molecule has 0 fully saturated rings. The van der Waals surface area contributed by atoms with E-state index in [1.54, 1.807) is 24.3 Å². The Balaban J connectivity index is 2.21. The zero-order chi connectivity index (χ0) is 14.7. The number of carbonyl (C=O) groups is 1. The first-order valence-electron chi connectivity index (χ1n) is 6.15. The Hall–Kier alpha value is -1.52. The molecule has 0 unspecified atom stereocenters. The monoisotopic (exact) mass is 352 g/mol. The van der Waals surface area contributed by atoms with E-state index in [0.29, 0.717) is 22.0 Å². The van der Waals surface area contributed by atoms with Crippen LogP contribution in [0.5, 0.6) is 0 Å². The van der Waals surface area contributed by atoms with Crippen LogP contribution >= 0.6 is 27.5 Å². The first kappa shape index (κ1) is 14.9. The molecule has 2 aromatic carbocycles. The maximum Gasteiger partial charge on any atom is 0.255 e. The molecule has 0 aromatic heterocycles. The third kappa shape index (κ3) is 3.52. The van der Waals surface area contributed by atoms with Crippen molar-refractivity contribution in [3.05, 3.63) is 57.0 Å². The number of anilines is 2. The van der Waals surface area contributed by atoms with E-state index in [1.807, 2.05) is 19.1 Å². The number of hydrogen-bond acceptors (Lipinski definition) is 2. The molecule has 0 saturated carbocycles. The summed E-state index contributed by atoms with van der Waals surface area (Å²) in [5.74, 6) is -0.225. The van der Waals surface area contributed by atoms with Crippen molar-refractivity contribution in [2.24, 2.45) is 0 Å². The molecule has 0 aliphatic carbocycles. The summed E-state index contributed by atoms with van der Waals surface area (Å²) in [5.41, 5.74) is 8.81. The molecule has 0 bridgehead atoms. The van der Waals surface area contributed by atoms with Crippen molar-refractivity contribution in [3.8, 4) is 0 Å². The predicted molar refractivity (Wildman–Crippen MR) is 87.3 cm³/mol. The molecule has 0 aliphatic heterocycles. The summed E-state index contributed by atoms with van der Waals surface area (Å²) in [4.78, 5) is 12.2. The van der Waals surface area contributed by atoms with E-state index in [1.165, 1.54) is 0 Å². The van der Waals surface area contributed by atoms with Gasteiger partial charge in [0.2, 0.25) is 0 Å². The van der Waals surface area contributed by atoms with Crippen LogP contribution in [0.25, 0.3) is 0 Å². The Morgan fingerprint density at radius 3 is 2.65 bits per heavy atom. The summed E-state index contributed by atoms with van der Waals surface area (Å²) in [6.45, 7) is 2.04. The van der Waals surface area contributed by atoms with E-state index in [4.69, 9.17) is 17.3 Å². The van der Waals surface area contributed by atoms with Gasteiger partial charge in [-0.1, -0.05) is 40.5 Å². The average molecular weight is 354 g/mol. The fraction of sp³-hybridized carbons (Fsp3) is 0.133. The maximum absolute atomic E-state index is 12.2. The number of benzene rings is 2. The van der Waals surface area contributed by atoms with Gasteiger partial charge in [0.1, 0.15) is 0 Å². The summed E-state index contributed by atoms with van der Waals surface area (Å²) in [6.07, 6.45) is 0.862. The highest BCUT2D eigenvalue weighted by Crippen LogP contribution is 2.22. The van der Waals surface area contributed by atoms with E-state index in [-0.39, 0.29) is 5.91 Å². The van der Waals surface area contributed by atoms with Crippen molar-refractivity contribution < 1.29 is 4.79 Å². The second-order valence-electron chi connectivity index (χ2n) is 4.38. The van der Waals surface area contributed by atoms with E-state index in [9.17, 15) is 4.79 Å². The second-order valence-corrected chi connectivity index (χ2v) is 5.73. The lowest BCUT2D eigenvalue weighted by atomic mass is 10.1. The molecule has 0 aliphatic rings. The van der Waals surface area contributed by atoms with Crippen LogP contribution in [0.3, 0.4) is 0 Å². The van der Waals surface area contributed by atoms with Crippen LogP contribution in [-0.4, -0.2) is 5.91 Å². The number of rotatable bonds is 3. The number of nitrogens with one attached hydrogen (secondary N) is 1. The largest absolute Gasteiger partial charge is 0.398 e. The first-order valence-corrected chi connectivity index (χ1v) is 7.32. The second kappa shape index (κ2) is 6.29. The van der Waals surface area contributed by atoms with E-state index in [0.717, 1.165) is 16.5 Å². The van der Waals surface area contributed by atoms with Crippen LogP contribution < -0.4 is 11.1 Å². The molecule has 1 amide bonds. The van der Waals surface area contributed by atoms with Gasteiger partial charge in [-0.25, -0.2) is 0 Å². The van der Waals surface area contributed by atoms with Crippen LogP contribution in [-0.2, 0) is 6.42 Å². The molecule has 2 aromatic rings. The van der Waals surface area contributed by atoms with Gasteiger partial charge in [-0.05, 0) is 42.3 Å². The Bertz CT molecular complexity index is 638. The highest BCUT2D eigenvalue weighted by Gasteiger charge is 2.09. The van der Waals surface area contributed by atoms with E-state index < -0.39 is 0 Å². The van der Waals surface area contributed by atoms with Crippen LogP contribution in [0.4, 0.5) is 11.4 Å². The Morgan fingerprint density at radius 2 is 2.05 bits per heavy atom. The van der Waals surface area contributed by atoms with Crippen LogP contribution in [0.2, 0.25) is 5.02 Å². The third-order valence-corrected chi connectivity index (χ3v) is 3.59. The molecular formula is C15H14BrClN2O. The molecule has 0 saturated heterocycles. The van der Waals surface area contributed by atoms with Gasteiger partial charge in [0.05, 0.1) is 0 Å². The van der Waals surface area contributed by atoms with Crippen molar-refractivity contribution in [1.29, 1.82) is 0 Å². The lowest BCUT2D eigenvalue weighted by Gasteiger charge is -2.09. The minimum atomic E-state index is -0.225. The standard InChI is InChI=1S/C15H14BrClN2O/c1-2-9-3-4-13(8-14(9)18)19-15(20)10-5-11(16)7-12(17)6-10/h3-8H,2,18H2,1H3,(H,19,20). The number of hydrogen-bond donors (Lipinski definition) is 2. The number of amides is 1. The summed E-state index contributed by atoms with van der Waals surface area (Å²) >= 11 is 9.24. The van der Waals surface area contributed by atoms with Gasteiger partial charge in [-0.15, -0.1) is 0 Å². The van der Waals surface area contributed by atoms with Crippen LogP contribution in [0.15, 0.2) is 40.9 Å². The number of nitrogen functional groups attached to an aromatic ring is 1. The molecule has 104 valence electrons. The maximum atomic E-state index is 12.2. The molecule has 2 rings (SSSR count). The summed E-state index contributed by atoms with van der Waals surface area (Å²) < 4.78 is 0.760. The van der Waals surface area contributed by atoms with Gasteiger partial charge in [-0.3, -0.25) is 4.79 Å². The molecule has 0 atom stereocenters. The zero-order valence-electron chi connectivity index (χ0n) is 10.9. The van der Waals surface area contributed by atoms with Gasteiger partial charge < -0.3 is 11.1 Å². The van der Waals surface area contributed by atoms with Crippen molar-refractivity contribution in [2.45, 2.75) is 13.3 Å². The molecular weight excluding hydrogens is 340 g/mol. The molecule has 0 radical (unpaired) electrons. The van der Waals surface area contributed by atoms with Crippen molar-refractivity contribution in [2.75, 3.05) is 11.1 Å². The molecule has 3 N–H and O–H groups in total. The van der Waals surface area contributed by atoms with Crippen molar-refractivity contribution in [3.63, 3.8) is 0 Å². The number of carbonyl (C=O) groups excluding carboxylic acids is 1. The summed E-state index contributed by atoms with van der Waals surface area (Å²) in [5, 5.41) is 3.31. The van der Waals surface area contributed by atoms with Gasteiger partial charge in [0.25, 0.3) is 5.91 Å². The first-order chi connectivity index (χ1) is 9.49. The Kier molecular flexibility index (Phi) is 4.68. The number of nitrogens with two attached hydrogens (primary N) is 1. The molecule has 0 spiro atoms. The predicted octanol–water partition coefficient (Wildman–Crippen LogP) is 4.50. The highest BCUT2D eigenvalue weighted by atomic mass is 79.9. The molecule has 0 heterocycles. The topological polar surface area (TPSA) is 55.1 Å². The Labute approximate surface area is 131 Å². The van der Waals surface area contributed by atoms with Gasteiger partial charge in [0.15, 0.2) is 0 Å². The average Bonchev–Trinajstić information content (AvgIpc) is 2.37. The lowest BCUT2D eigenvalue weighted by molar-refractivity contribution is 0.102. The van der Waals surface area contributed by atoms with Crippen LogP contribution in [0.1, 0.15) is 22.8 Å². The summed E-state index contributed by atoms with van der Waals surface area (Å²) in [7, 11) is 0. The van der Waals surface area contributed by atoms with E-state index >= 15 is 0 Å². The molecule has 3 nitrogen and oxygen atoms in total. The van der Waals surface area contributed by atoms with Gasteiger partial charge in [0, 0.05) is 26.4 Å². The lowest BCUT2D eigenvalue weighted by Crippen LogP contribution is -2.12. The van der Waals surface area contributed by atoms with Crippen molar-refractivity contribution in [1.82, 2.24) is 0 Å². The minimum Gasteiger partial charge on any atom is -0.398 e. The highest BCUT2D eigenvalue weighted by molar-refractivity contribution is 9.10. The number of aryl methyl sites for hydroxylation is 1. The van der Waals surface area contributed by atoms with Crippen LogP contribution in [0, 0.1) is 0 Å². The normalized spacial score (nSPS) is 10.3. The third-order valence-electron chi connectivity index (χ3n) is 2.91. The smallest absolute Gasteiger partial charge is 0.255 e. The molecule has 20 heavy (non-hydrogen) atoms. The zero-order valence-corrected chi connectivity index (χ0v) is 13.3. The molecule has 5 heteroatoms. The summed E-state index contributed by atoms with van der Waals surface area (Å²) in [6, 6.07) is 10.6. The fourth-order valence-electron chi connectivity index (χ4n) is 1.88. The van der Waals surface area contributed by atoms with Crippen molar-refractivity contribution >= 4 is 44.8 Å².